The molecule has 2 fully saturated rings. The molecule has 0 saturated carbocycles. The molecule has 1 atom stereocenters. The number of hydrogen-bond donors (Lipinski definition) is 0. The third kappa shape index (κ3) is 5.82. The minimum atomic E-state index is -0.755. The fraction of sp³-hybridized carbons (Fsp3) is 0.433. The minimum absolute atomic E-state index is 0.0867. The van der Waals surface area contributed by atoms with Gasteiger partial charge in [0.1, 0.15) is 17.1 Å². The van der Waals surface area contributed by atoms with Gasteiger partial charge in [-0.15, -0.1) is 0 Å². The Morgan fingerprint density at radius 1 is 0.923 bits per heavy atom. The molecule has 0 radical (unpaired) electrons. The maximum absolute atomic E-state index is 14.9. The molecule has 2 aromatic carbocycles. The third-order valence-corrected chi connectivity index (χ3v) is 7.45. The van der Waals surface area contributed by atoms with Gasteiger partial charge in [-0.3, -0.25) is 4.79 Å². The molecule has 5 rings (SSSR count). The van der Waals surface area contributed by atoms with Crippen LogP contribution in [0.25, 0.3) is 5.69 Å². The van der Waals surface area contributed by atoms with Crippen molar-refractivity contribution in [3.63, 3.8) is 0 Å². The number of nitrogens with zero attached hydrogens (tertiary/aromatic N) is 4. The van der Waals surface area contributed by atoms with Crippen molar-refractivity contribution in [2.24, 2.45) is 0 Å². The molecule has 0 N–H and O–H groups in total. The molecular formula is C30H34F2N4O3. The van der Waals surface area contributed by atoms with E-state index in [9.17, 15) is 18.4 Å². The van der Waals surface area contributed by atoms with Gasteiger partial charge in [0.05, 0.1) is 17.5 Å². The summed E-state index contributed by atoms with van der Waals surface area (Å²) in [6, 6.07) is 13.5. The number of hydrogen-bond acceptors (Lipinski definition) is 4. The molecule has 3 aromatic rings. The van der Waals surface area contributed by atoms with Gasteiger partial charge in [-0.05, 0) is 57.7 Å². The zero-order valence-corrected chi connectivity index (χ0v) is 22.6. The molecule has 206 valence electrons. The van der Waals surface area contributed by atoms with Crippen molar-refractivity contribution in [1.82, 2.24) is 19.6 Å². The third-order valence-electron chi connectivity index (χ3n) is 7.45. The molecule has 0 spiro atoms. The van der Waals surface area contributed by atoms with Crippen LogP contribution in [0.4, 0.5) is 13.6 Å². The number of piperidine rings is 1. The highest BCUT2D eigenvalue weighted by Gasteiger charge is 2.35. The van der Waals surface area contributed by atoms with E-state index in [1.807, 2.05) is 43.9 Å². The lowest BCUT2D eigenvalue weighted by atomic mass is 9.90. The summed E-state index contributed by atoms with van der Waals surface area (Å²) in [5.41, 5.74) is 1.70. The Kier molecular flexibility index (Phi) is 7.42. The van der Waals surface area contributed by atoms with Crippen LogP contribution in [0, 0.1) is 11.6 Å². The van der Waals surface area contributed by atoms with Gasteiger partial charge >= 0.3 is 6.09 Å². The van der Waals surface area contributed by atoms with E-state index in [0.717, 1.165) is 12.5 Å². The van der Waals surface area contributed by atoms with E-state index in [1.54, 1.807) is 4.90 Å². The van der Waals surface area contributed by atoms with E-state index in [1.165, 1.54) is 28.6 Å². The van der Waals surface area contributed by atoms with Crippen molar-refractivity contribution in [2.75, 3.05) is 26.2 Å². The largest absolute Gasteiger partial charge is 0.444 e. The van der Waals surface area contributed by atoms with Gasteiger partial charge in [-0.25, -0.2) is 18.3 Å². The second kappa shape index (κ2) is 10.8. The standard InChI is InChI=1S/C30H34F2N4O3/c1-30(2,3)39-29(38)34-14-11-21(12-15-34)27-24(18-33-36(27)26-10-9-23(31)17-25(26)32)28(37)35-16-13-22(19-35)20-7-5-4-6-8-20/h4-10,17-18,21-22H,11-16,19H2,1-3H3/t22-/m0/s1. The lowest BCUT2D eigenvalue weighted by Crippen LogP contribution is -2.41. The second-order valence-corrected chi connectivity index (χ2v) is 11.3. The van der Waals surface area contributed by atoms with Gasteiger partial charge in [0, 0.05) is 44.1 Å². The molecule has 0 aliphatic carbocycles. The summed E-state index contributed by atoms with van der Waals surface area (Å²) < 4.78 is 35.5. The molecule has 3 heterocycles. The van der Waals surface area contributed by atoms with Crippen LogP contribution < -0.4 is 0 Å². The number of ether oxygens (including phenoxy) is 1. The first-order valence-corrected chi connectivity index (χ1v) is 13.5. The van der Waals surface area contributed by atoms with Crippen molar-refractivity contribution in [1.29, 1.82) is 0 Å². The zero-order chi connectivity index (χ0) is 27.7. The second-order valence-electron chi connectivity index (χ2n) is 11.3. The van der Waals surface area contributed by atoms with Crippen LogP contribution in [-0.4, -0.2) is 63.4 Å². The highest BCUT2D eigenvalue weighted by Crippen LogP contribution is 2.35. The number of likely N-dealkylation sites (tertiary alicyclic amines) is 2. The smallest absolute Gasteiger partial charge is 0.410 e. The molecule has 39 heavy (non-hydrogen) atoms. The number of carbonyl (C=O) groups is 2. The van der Waals surface area contributed by atoms with Gasteiger partial charge in [-0.2, -0.15) is 5.10 Å². The SMILES string of the molecule is CC(C)(C)OC(=O)N1CCC(c2c(C(=O)N3CC[C@H](c4ccccc4)C3)cnn2-c2ccc(F)cc2F)CC1. The molecule has 2 amide bonds. The fourth-order valence-electron chi connectivity index (χ4n) is 5.53. The van der Waals surface area contributed by atoms with Gasteiger partial charge in [0.15, 0.2) is 5.82 Å². The maximum atomic E-state index is 14.9. The van der Waals surface area contributed by atoms with Crippen molar-refractivity contribution in [3.8, 4) is 5.69 Å². The number of carbonyl (C=O) groups excluding carboxylic acids is 2. The van der Waals surface area contributed by atoms with Gasteiger partial charge in [-0.1, -0.05) is 30.3 Å². The van der Waals surface area contributed by atoms with Crippen LogP contribution in [0.5, 0.6) is 0 Å². The Morgan fingerprint density at radius 3 is 2.26 bits per heavy atom. The molecule has 2 aliphatic rings. The number of halogens is 2. The van der Waals surface area contributed by atoms with Crippen LogP contribution in [0.15, 0.2) is 54.7 Å². The van der Waals surface area contributed by atoms with Crippen LogP contribution >= 0.6 is 0 Å². The minimum Gasteiger partial charge on any atom is -0.444 e. The van der Waals surface area contributed by atoms with Crippen molar-refractivity contribution in [3.05, 3.63) is 83.2 Å². The van der Waals surface area contributed by atoms with Crippen molar-refractivity contribution >= 4 is 12.0 Å². The molecule has 0 unspecified atom stereocenters. The molecule has 7 nitrogen and oxygen atoms in total. The molecular weight excluding hydrogens is 502 g/mol. The fourth-order valence-corrected chi connectivity index (χ4v) is 5.53. The summed E-state index contributed by atoms with van der Waals surface area (Å²) in [7, 11) is 0. The number of benzene rings is 2. The van der Waals surface area contributed by atoms with E-state index in [2.05, 4.69) is 17.2 Å². The summed E-state index contributed by atoms with van der Waals surface area (Å²) in [4.78, 5) is 29.9. The summed E-state index contributed by atoms with van der Waals surface area (Å²) in [6.45, 7) is 7.55. The Balaban J connectivity index is 1.42. The van der Waals surface area contributed by atoms with Gasteiger partial charge in [0.2, 0.25) is 0 Å². The van der Waals surface area contributed by atoms with Crippen molar-refractivity contribution in [2.45, 2.75) is 57.5 Å². The lowest BCUT2D eigenvalue weighted by molar-refractivity contribution is 0.0203. The highest BCUT2D eigenvalue weighted by molar-refractivity contribution is 5.95. The molecule has 9 heteroatoms. The van der Waals surface area contributed by atoms with E-state index in [4.69, 9.17) is 4.74 Å². The Hall–Kier alpha value is -3.75. The predicted octanol–water partition coefficient (Wildman–Crippen LogP) is 5.89. The van der Waals surface area contributed by atoms with Crippen molar-refractivity contribution < 1.29 is 23.1 Å². The Morgan fingerprint density at radius 2 is 1.59 bits per heavy atom. The highest BCUT2D eigenvalue weighted by atomic mass is 19.1. The predicted molar refractivity (Wildman–Crippen MR) is 143 cm³/mol. The monoisotopic (exact) mass is 536 g/mol. The maximum Gasteiger partial charge on any atom is 0.410 e. The van der Waals surface area contributed by atoms with E-state index in [-0.39, 0.29) is 29.5 Å². The molecule has 1 aromatic heterocycles. The Bertz CT molecular complexity index is 1340. The van der Waals surface area contributed by atoms with Crippen LogP contribution in [0.2, 0.25) is 0 Å². The molecule has 2 aliphatic heterocycles. The molecule has 2 saturated heterocycles. The van der Waals surface area contributed by atoms with Gasteiger partial charge < -0.3 is 14.5 Å². The average Bonchev–Trinajstić information content (AvgIpc) is 3.56. The quantitative estimate of drug-likeness (QED) is 0.417. The number of aromatic nitrogens is 2. The van der Waals surface area contributed by atoms with Crippen LogP contribution in [-0.2, 0) is 4.74 Å². The lowest BCUT2D eigenvalue weighted by Gasteiger charge is -2.34. The van der Waals surface area contributed by atoms with Gasteiger partial charge in [0.25, 0.3) is 5.91 Å². The van der Waals surface area contributed by atoms with E-state index in [0.29, 0.717) is 50.3 Å². The first-order valence-electron chi connectivity index (χ1n) is 13.5. The first kappa shape index (κ1) is 26.8. The van der Waals surface area contributed by atoms with Crippen LogP contribution in [0.1, 0.15) is 73.5 Å². The first-order chi connectivity index (χ1) is 18.6. The van der Waals surface area contributed by atoms with Crippen LogP contribution in [0.3, 0.4) is 0 Å². The number of rotatable bonds is 4. The topological polar surface area (TPSA) is 67.7 Å². The zero-order valence-electron chi connectivity index (χ0n) is 22.6. The number of amides is 2. The summed E-state index contributed by atoms with van der Waals surface area (Å²) >= 11 is 0. The summed E-state index contributed by atoms with van der Waals surface area (Å²) in [5.74, 6) is -1.49. The molecule has 0 bridgehead atoms. The summed E-state index contributed by atoms with van der Waals surface area (Å²) in [6.07, 6.45) is 3.09. The normalized spacial score (nSPS) is 18.4. The average molecular weight is 537 g/mol. The summed E-state index contributed by atoms with van der Waals surface area (Å²) in [5, 5.41) is 4.43. The van der Waals surface area contributed by atoms with E-state index >= 15 is 0 Å². The Labute approximate surface area is 227 Å². The van der Waals surface area contributed by atoms with E-state index < -0.39 is 17.2 Å².